The van der Waals surface area contributed by atoms with Gasteiger partial charge in [0.2, 0.25) is 0 Å². The molecular weight excluding hydrogens is 256 g/mol. The van der Waals surface area contributed by atoms with Crippen molar-refractivity contribution in [3.8, 4) is 11.8 Å². The molecule has 7 nitrogen and oxygen atoms in total. The molecule has 2 aromatic rings. The third-order valence-corrected chi connectivity index (χ3v) is 2.54. The topological polar surface area (TPSA) is 110 Å². The van der Waals surface area contributed by atoms with Crippen molar-refractivity contribution in [2.45, 2.75) is 13.0 Å². The third kappa shape index (κ3) is 3.18. The van der Waals surface area contributed by atoms with E-state index in [0.29, 0.717) is 11.4 Å². The van der Waals surface area contributed by atoms with Crippen LogP contribution in [0.15, 0.2) is 24.7 Å². The number of nitrogens with zero attached hydrogens (tertiary/aromatic N) is 3. The minimum atomic E-state index is -0.323. The van der Waals surface area contributed by atoms with Crippen LogP contribution < -0.4 is 11.1 Å². The molecule has 0 saturated heterocycles. The van der Waals surface area contributed by atoms with Gasteiger partial charge in [-0.05, 0) is 19.1 Å². The number of carbonyl (C=O) groups excluding carboxylic acids is 1. The van der Waals surface area contributed by atoms with Gasteiger partial charge in [0.1, 0.15) is 17.8 Å². The van der Waals surface area contributed by atoms with Crippen molar-refractivity contribution in [1.29, 1.82) is 0 Å². The lowest BCUT2D eigenvalue weighted by Gasteiger charge is -2.11. The molecule has 0 bridgehead atoms. The summed E-state index contributed by atoms with van der Waals surface area (Å²) in [4.78, 5) is 20.3. The summed E-state index contributed by atoms with van der Waals surface area (Å²) in [6.45, 7) is 2.02. The lowest BCUT2D eigenvalue weighted by atomic mass is 10.1. The quantitative estimate of drug-likeness (QED) is 0.680. The van der Waals surface area contributed by atoms with Gasteiger partial charge < -0.3 is 11.1 Å². The van der Waals surface area contributed by atoms with E-state index in [9.17, 15) is 4.79 Å². The second-order valence-electron chi connectivity index (χ2n) is 3.97. The average molecular weight is 270 g/mol. The largest absolute Gasteiger partial charge is 0.341 e. The molecule has 0 spiro atoms. The van der Waals surface area contributed by atoms with Gasteiger partial charge in [0.15, 0.2) is 0 Å². The third-order valence-electron chi connectivity index (χ3n) is 2.54. The molecule has 1 unspecified atom stereocenters. The molecule has 0 radical (unpaired) electrons. The maximum Gasteiger partial charge on any atom is 0.271 e. The Kier molecular flexibility index (Phi) is 4.42. The van der Waals surface area contributed by atoms with Crippen molar-refractivity contribution in [1.82, 2.24) is 25.5 Å². The van der Waals surface area contributed by atoms with Crippen LogP contribution in [0.1, 0.15) is 34.8 Å². The Bertz CT molecular complexity index is 640. The highest BCUT2D eigenvalue weighted by molar-refractivity contribution is 5.94. The summed E-state index contributed by atoms with van der Waals surface area (Å²) in [5.41, 5.74) is 6.14. The lowest BCUT2D eigenvalue weighted by molar-refractivity contribution is 0.0933. The molecule has 0 aromatic carbocycles. The van der Waals surface area contributed by atoms with E-state index in [-0.39, 0.29) is 24.2 Å². The fourth-order valence-electron chi connectivity index (χ4n) is 1.59. The zero-order chi connectivity index (χ0) is 14.4. The molecule has 2 aromatic heterocycles. The summed E-state index contributed by atoms with van der Waals surface area (Å²) in [6.07, 6.45) is 2.93. The highest BCUT2D eigenvalue weighted by atomic mass is 16.1. The summed E-state index contributed by atoms with van der Waals surface area (Å²) in [5.74, 6) is 5.79. The summed E-state index contributed by atoms with van der Waals surface area (Å²) in [6, 6.07) is 3.14. The van der Waals surface area contributed by atoms with Crippen molar-refractivity contribution >= 4 is 5.91 Å². The number of nitrogens with two attached hydrogens (primary N) is 1. The second-order valence-corrected chi connectivity index (χ2v) is 3.97. The molecule has 2 rings (SSSR count). The Morgan fingerprint density at radius 2 is 2.40 bits per heavy atom. The molecule has 0 fully saturated rings. The highest BCUT2D eigenvalue weighted by Gasteiger charge is 2.16. The van der Waals surface area contributed by atoms with Gasteiger partial charge in [0, 0.05) is 6.20 Å². The van der Waals surface area contributed by atoms with Gasteiger partial charge in [0.25, 0.3) is 5.91 Å². The summed E-state index contributed by atoms with van der Waals surface area (Å²) in [5, 5.41) is 9.23. The maximum atomic E-state index is 12.2. The van der Waals surface area contributed by atoms with Crippen LogP contribution in [0.2, 0.25) is 0 Å². The zero-order valence-corrected chi connectivity index (χ0v) is 10.9. The molecule has 0 aliphatic heterocycles. The van der Waals surface area contributed by atoms with Crippen molar-refractivity contribution in [2.24, 2.45) is 5.73 Å². The summed E-state index contributed by atoms with van der Waals surface area (Å²) in [7, 11) is 0. The van der Waals surface area contributed by atoms with E-state index in [1.807, 2.05) is 0 Å². The number of rotatable bonds is 3. The minimum Gasteiger partial charge on any atom is -0.341 e. The second kappa shape index (κ2) is 6.45. The van der Waals surface area contributed by atoms with Crippen molar-refractivity contribution in [3.05, 3.63) is 41.7 Å². The van der Waals surface area contributed by atoms with E-state index in [0.717, 1.165) is 0 Å². The van der Waals surface area contributed by atoms with E-state index in [4.69, 9.17) is 5.73 Å². The predicted octanol–water partition coefficient (Wildman–Crippen LogP) is 0.000900. The first-order valence-electron chi connectivity index (χ1n) is 6.02. The van der Waals surface area contributed by atoms with Gasteiger partial charge in [-0.25, -0.2) is 9.97 Å². The number of H-pyrrole nitrogens is 1. The lowest BCUT2D eigenvalue weighted by Crippen LogP contribution is -2.28. The van der Waals surface area contributed by atoms with Crippen LogP contribution in [0.3, 0.4) is 0 Å². The van der Waals surface area contributed by atoms with Crippen LogP contribution in [0, 0.1) is 11.8 Å². The molecule has 4 N–H and O–H groups in total. The first kappa shape index (κ1) is 13.7. The molecule has 0 saturated carbocycles. The number of carbonyl (C=O) groups is 1. The van der Waals surface area contributed by atoms with Gasteiger partial charge >= 0.3 is 0 Å². The van der Waals surface area contributed by atoms with E-state index in [2.05, 4.69) is 37.3 Å². The molecule has 7 heteroatoms. The fourth-order valence-corrected chi connectivity index (χ4v) is 1.59. The number of nitrogens with one attached hydrogen (secondary N) is 2. The molecule has 20 heavy (non-hydrogen) atoms. The molecule has 1 amide bonds. The van der Waals surface area contributed by atoms with Crippen LogP contribution in [0.25, 0.3) is 0 Å². The fraction of sp³-hybridized carbons (Fsp3) is 0.231. The molecule has 0 aliphatic carbocycles. The van der Waals surface area contributed by atoms with E-state index >= 15 is 0 Å². The highest BCUT2D eigenvalue weighted by Crippen LogP contribution is 2.08. The van der Waals surface area contributed by atoms with Crippen molar-refractivity contribution < 1.29 is 4.79 Å². The number of hydrogen-bond donors (Lipinski definition) is 3. The van der Waals surface area contributed by atoms with E-state index < -0.39 is 0 Å². The van der Waals surface area contributed by atoms with Crippen molar-refractivity contribution in [3.63, 3.8) is 0 Å². The van der Waals surface area contributed by atoms with E-state index in [1.54, 1.807) is 25.3 Å². The SMILES string of the molecule is CC(NC(=O)c1ncccc1C#CCN)c1ncn[nH]1. The first-order valence-corrected chi connectivity index (χ1v) is 6.02. The van der Waals surface area contributed by atoms with Gasteiger partial charge in [0.05, 0.1) is 18.2 Å². The predicted molar refractivity (Wildman–Crippen MR) is 72.4 cm³/mol. The molecule has 1 atom stereocenters. The Morgan fingerprint density at radius 3 is 3.10 bits per heavy atom. The number of pyridine rings is 1. The van der Waals surface area contributed by atoms with Gasteiger partial charge in [-0.2, -0.15) is 5.10 Å². The smallest absolute Gasteiger partial charge is 0.271 e. The molecule has 102 valence electrons. The number of hydrogen-bond acceptors (Lipinski definition) is 5. The maximum absolute atomic E-state index is 12.2. The molecule has 2 heterocycles. The minimum absolute atomic E-state index is 0.227. The van der Waals surface area contributed by atoms with Crippen LogP contribution >= 0.6 is 0 Å². The van der Waals surface area contributed by atoms with Crippen LogP contribution in [-0.4, -0.2) is 32.6 Å². The van der Waals surface area contributed by atoms with E-state index in [1.165, 1.54) is 6.33 Å². The Balaban J connectivity index is 2.17. The normalized spacial score (nSPS) is 11.3. The standard InChI is InChI=1S/C13H14N6O/c1-9(12-16-8-17-19-12)18-13(20)11-10(4-2-6-14)5-3-7-15-11/h3,5,7-9H,6,14H2,1H3,(H,18,20)(H,16,17,19). The number of aromatic amines is 1. The van der Waals surface area contributed by atoms with Gasteiger partial charge in [-0.1, -0.05) is 11.8 Å². The molecular formula is C13H14N6O. The first-order chi connectivity index (χ1) is 9.72. The Labute approximate surface area is 116 Å². The number of amides is 1. The zero-order valence-electron chi connectivity index (χ0n) is 10.9. The molecule has 0 aliphatic rings. The monoisotopic (exact) mass is 270 g/mol. The average Bonchev–Trinajstić information content (AvgIpc) is 2.99. The number of aromatic nitrogens is 4. The summed E-state index contributed by atoms with van der Waals surface area (Å²) >= 11 is 0. The van der Waals surface area contributed by atoms with Crippen LogP contribution in [0.4, 0.5) is 0 Å². The van der Waals surface area contributed by atoms with Gasteiger partial charge in [-0.15, -0.1) is 0 Å². The van der Waals surface area contributed by atoms with Crippen LogP contribution in [0.5, 0.6) is 0 Å². The summed E-state index contributed by atoms with van der Waals surface area (Å²) < 4.78 is 0. The Morgan fingerprint density at radius 1 is 1.55 bits per heavy atom. The Hall–Kier alpha value is -2.72. The van der Waals surface area contributed by atoms with Crippen molar-refractivity contribution in [2.75, 3.05) is 6.54 Å². The van der Waals surface area contributed by atoms with Crippen LogP contribution in [-0.2, 0) is 0 Å². The van der Waals surface area contributed by atoms with Gasteiger partial charge in [-0.3, -0.25) is 9.89 Å².